The highest BCUT2D eigenvalue weighted by Gasteiger charge is 2.15. The number of carbonyl (C=O) groups excluding carboxylic acids is 1. The van der Waals surface area contributed by atoms with Gasteiger partial charge in [-0.3, -0.25) is 4.79 Å². The highest BCUT2D eigenvalue weighted by Crippen LogP contribution is 2.21. The van der Waals surface area contributed by atoms with Crippen LogP contribution in [0.1, 0.15) is 12.0 Å². The summed E-state index contributed by atoms with van der Waals surface area (Å²) in [7, 11) is 0. The van der Waals surface area contributed by atoms with E-state index in [1.165, 1.54) is 0 Å². The topological polar surface area (TPSA) is 41.6 Å². The zero-order chi connectivity index (χ0) is 13.7. The monoisotopic (exact) mass is 282 g/mol. The predicted molar refractivity (Wildman–Crippen MR) is 75.8 cm³/mol. The van der Waals surface area contributed by atoms with Crippen LogP contribution in [0.15, 0.2) is 18.2 Å². The molecule has 1 N–H and O–H groups in total. The molecule has 0 radical (unpaired) electrons. The summed E-state index contributed by atoms with van der Waals surface area (Å²) in [5, 5.41) is 3.95. The lowest BCUT2D eigenvalue weighted by atomic mass is 10.2. The standard InChI is InChI=1S/C14H19ClN2O2/c1-11-10-12(2-3-13(11)15)19-9-4-14(18)17-7-5-16-6-8-17/h2-3,10,16H,4-9H2,1H3. The average Bonchev–Trinajstić information content (AvgIpc) is 2.43. The van der Waals surface area contributed by atoms with Gasteiger partial charge in [0.05, 0.1) is 13.0 Å². The molecule has 1 aliphatic heterocycles. The fourth-order valence-corrected chi connectivity index (χ4v) is 2.15. The number of rotatable bonds is 4. The van der Waals surface area contributed by atoms with Crippen LogP contribution in [0.5, 0.6) is 5.75 Å². The Balaban J connectivity index is 1.76. The molecule has 1 aromatic rings. The summed E-state index contributed by atoms with van der Waals surface area (Å²) >= 11 is 5.94. The van der Waals surface area contributed by atoms with E-state index in [4.69, 9.17) is 16.3 Å². The first-order chi connectivity index (χ1) is 9.16. The first-order valence-electron chi connectivity index (χ1n) is 6.54. The Morgan fingerprint density at radius 3 is 2.84 bits per heavy atom. The number of hydrogen-bond donors (Lipinski definition) is 1. The Morgan fingerprint density at radius 2 is 2.16 bits per heavy atom. The van der Waals surface area contributed by atoms with E-state index in [1.807, 2.05) is 30.0 Å². The molecule has 0 unspecified atom stereocenters. The minimum absolute atomic E-state index is 0.159. The number of benzene rings is 1. The molecular formula is C14H19ClN2O2. The minimum atomic E-state index is 0.159. The molecule has 0 aliphatic carbocycles. The lowest BCUT2D eigenvalue weighted by molar-refractivity contribution is -0.132. The van der Waals surface area contributed by atoms with Crippen molar-refractivity contribution in [2.75, 3.05) is 32.8 Å². The van der Waals surface area contributed by atoms with Crippen LogP contribution in [-0.2, 0) is 4.79 Å². The number of piperazine rings is 1. The van der Waals surface area contributed by atoms with Crippen LogP contribution in [0.25, 0.3) is 0 Å². The van der Waals surface area contributed by atoms with Crippen molar-refractivity contribution < 1.29 is 9.53 Å². The van der Waals surface area contributed by atoms with Gasteiger partial charge in [0, 0.05) is 31.2 Å². The second-order valence-corrected chi connectivity index (χ2v) is 5.05. The van der Waals surface area contributed by atoms with Gasteiger partial charge in [-0.2, -0.15) is 0 Å². The average molecular weight is 283 g/mol. The van der Waals surface area contributed by atoms with Crippen LogP contribution < -0.4 is 10.1 Å². The Morgan fingerprint density at radius 1 is 1.42 bits per heavy atom. The van der Waals surface area contributed by atoms with Gasteiger partial charge in [-0.15, -0.1) is 0 Å². The third-order valence-corrected chi connectivity index (χ3v) is 3.61. The van der Waals surface area contributed by atoms with Crippen LogP contribution in [0, 0.1) is 6.92 Å². The maximum atomic E-state index is 11.9. The van der Waals surface area contributed by atoms with Crippen LogP contribution in [0.4, 0.5) is 0 Å². The third kappa shape index (κ3) is 4.11. The highest BCUT2D eigenvalue weighted by molar-refractivity contribution is 6.31. The number of aryl methyl sites for hydroxylation is 1. The second kappa shape index (κ2) is 6.78. The second-order valence-electron chi connectivity index (χ2n) is 4.64. The zero-order valence-corrected chi connectivity index (χ0v) is 11.9. The molecule has 5 heteroatoms. The number of amides is 1. The molecule has 0 aromatic heterocycles. The van der Waals surface area contributed by atoms with E-state index in [9.17, 15) is 4.79 Å². The fraction of sp³-hybridized carbons (Fsp3) is 0.500. The Bertz CT molecular complexity index is 445. The molecule has 4 nitrogen and oxygen atoms in total. The van der Waals surface area contributed by atoms with Gasteiger partial charge in [0.25, 0.3) is 0 Å². The van der Waals surface area contributed by atoms with Crippen molar-refractivity contribution in [3.63, 3.8) is 0 Å². The summed E-state index contributed by atoms with van der Waals surface area (Å²) in [5.41, 5.74) is 0.979. The molecule has 0 saturated carbocycles. The highest BCUT2D eigenvalue weighted by atomic mass is 35.5. The molecule has 19 heavy (non-hydrogen) atoms. The van der Waals surface area contributed by atoms with Gasteiger partial charge < -0.3 is 15.0 Å². The smallest absolute Gasteiger partial charge is 0.226 e. The third-order valence-electron chi connectivity index (χ3n) is 3.18. The van der Waals surface area contributed by atoms with Gasteiger partial charge in [-0.1, -0.05) is 11.6 Å². The molecule has 1 amide bonds. The van der Waals surface area contributed by atoms with E-state index in [0.29, 0.717) is 13.0 Å². The van der Waals surface area contributed by atoms with E-state index >= 15 is 0 Å². The molecule has 1 saturated heterocycles. The SMILES string of the molecule is Cc1cc(OCCC(=O)N2CCNCC2)ccc1Cl. The molecule has 0 spiro atoms. The summed E-state index contributed by atoms with van der Waals surface area (Å²) in [6, 6.07) is 5.52. The van der Waals surface area contributed by atoms with Crippen LogP contribution in [-0.4, -0.2) is 43.6 Å². The van der Waals surface area contributed by atoms with Gasteiger partial charge in [-0.05, 0) is 30.7 Å². The molecule has 2 rings (SSSR count). The van der Waals surface area contributed by atoms with Crippen molar-refractivity contribution in [3.8, 4) is 5.75 Å². The molecule has 0 atom stereocenters. The quantitative estimate of drug-likeness (QED) is 0.916. The summed E-state index contributed by atoms with van der Waals surface area (Å²) in [5.74, 6) is 0.919. The number of carbonyl (C=O) groups is 1. The summed E-state index contributed by atoms with van der Waals surface area (Å²) in [6.45, 7) is 5.68. The fourth-order valence-electron chi connectivity index (χ4n) is 2.04. The number of nitrogens with one attached hydrogen (secondary N) is 1. The van der Waals surface area contributed by atoms with Crippen molar-refractivity contribution >= 4 is 17.5 Å². The number of nitrogens with zero attached hydrogens (tertiary/aromatic N) is 1. The molecule has 1 heterocycles. The first-order valence-corrected chi connectivity index (χ1v) is 6.92. The molecule has 104 valence electrons. The van der Waals surface area contributed by atoms with Crippen LogP contribution in [0.3, 0.4) is 0 Å². The number of halogens is 1. The zero-order valence-electron chi connectivity index (χ0n) is 11.1. The van der Waals surface area contributed by atoms with Gasteiger partial charge in [0.2, 0.25) is 5.91 Å². The molecule has 1 aliphatic rings. The summed E-state index contributed by atoms with van der Waals surface area (Å²) in [4.78, 5) is 13.8. The summed E-state index contributed by atoms with van der Waals surface area (Å²) < 4.78 is 5.58. The van der Waals surface area contributed by atoms with E-state index in [0.717, 1.165) is 42.5 Å². The van der Waals surface area contributed by atoms with Gasteiger partial charge >= 0.3 is 0 Å². The predicted octanol–water partition coefficient (Wildman–Crippen LogP) is 1.85. The van der Waals surface area contributed by atoms with Crippen LogP contribution >= 0.6 is 11.6 Å². The summed E-state index contributed by atoms with van der Waals surface area (Å²) in [6.07, 6.45) is 0.418. The van der Waals surface area contributed by atoms with E-state index < -0.39 is 0 Å². The first kappa shape index (κ1) is 14.2. The molecule has 1 aromatic carbocycles. The number of ether oxygens (including phenoxy) is 1. The molecule has 1 fully saturated rings. The Hall–Kier alpha value is -1.26. The molecular weight excluding hydrogens is 264 g/mol. The van der Waals surface area contributed by atoms with Crippen molar-refractivity contribution in [2.45, 2.75) is 13.3 Å². The molecule has 0 bridgehead atoms. The maximum Gasteiger partial charge on any atom is 0.226 e. The van der Waals surface area contributed by atoms with E-state index in [2.05, 4.69) is 5.32 Å². The van der Waals surface area contributed by atoms with Crippen molar-refractivity contribution in [1.82, 2.24) is 10.2 Å². The van der Waals surface area contributed by atoms with Crippen molar-refractivity contribution in [1.29, 1.82) is 0 Å². The Kier molecular flexibility index (Phi) is 5.05. The van der Waals surface area contributed by atoms with E-state index in [-0.39, 0.29) is 5.91 Å². The van der Waals surface area contributed by atoms with Gasteiger partial charge in [0.15, 0.2) is 0 Å². The van der Waals surface area contributed by atoms with E-state index in [1.54, 1.807) is 0 Å². The lowest BCUT2D eigenvalue weighted by Gasteiger charge is -2.27. The van der Waals surface area contributed by atoms with Crippen molar-refractivity contribution in [3.05, 3.63) is 28.8 Å². The van der Waals surface area contributed by atoms with Gasteiger partial charge in [-0.25, -0.2) is 0 Å². The van der Waals surface area contributed by atoms with Crippen molar-refractivity contribution in [2.24, 2.45) is 0 Å². The normalized spacial score (nSPS) is 15.4. The largest absolute Gasteiger partial charge is 0.493 e. The van der Waals surface area contributed by atoms with Gasteiger partial charge in [0.1, 0.15) is 5.75 Å². The number of hydrogen-bond acceptors (Lipinski definition) is 3. The maximum absolute atomic E-state index is 11.9. The lowest BCUT2D eigenvalue weighted by Crippen LogP contribution is -2.46. The van der Waals surface area contributed by atoms with Crippen LogP contribution in [0.2, 0.25) is 5.02 Å². The Labute approximate surface area is 118 Å². The minimum Gasteiger partial charge on any atom is -0.493 e.